The van der Waals surface area contributed by atoms with Crippen LogP contribution in [-0.4, -0.2) is 60.6 Å². The smallest absolute Gasteiger partial charge is 0.226 e. The van der Waals surface area contributed by atoms with Crippen molar-refractivity contribution >= 4 is 11.8 Å². The highest BCUT2D eigenvalue weighted by Gasteiger charge is 2.17. The topological polar surface area (TPSA) is 81.8 Å². The summed E-state index contributed by atoms with van der Waals surface area (Å²) < 4.78 is 5.63. The number of pyridine rings is 1. The van der Waals surface area contributed by atoms with Crippen molar-refractivity contribution in [2.24, 2.45) is 4.99 Å². The van der Waals surface area contributed by atoms with E-state index < -0.39 is 0 Å². The number of hydrogen-bond donors (Lipinski definition) is 2. The van der Waals surface area contributed by atoms with Crippen molar-refractivity contribution in [3.63, 3.8) is 0 Å². The number of rotatable bonds is 7. The summed E-state index contributed by atoms with van der Waals surface area (Å²) >= 11 is 0. The molecule has 8 heteroatoms. The van der Waals surface area contributed by atoms with Crippen LogP contribution in [0, 0.1) is 0 Å². The van der Waals surface area contributed by atoms with Crippen LogP contribution in [0.2, 0.25) is 0 Å². The van der Waals surface area contributed by atoms with E-state index in [1.165, 1.54) is 0 Å². The number of aliphatic imine (C=N–C) groups is 1. The van der Waals surface area contributed by atoms with Gasteiger partial charge >= 0.3 is 0 Å². The predicted molar refractivity (Wildman–Crippen MR) is 128 cm³/mol. The Morgan fingerprint density at radius 1 is 1.06 bits per heavy atom. The number of nitrogens with zero attached hydrogens (tertiary/aromatic N) is 5. The van der Waals surface area contributed by atoms with Crippen molar-refractivity contribution in [3.8, 4) is 11.5 Å². The largest absolute Gasteiger partial charge is 0.444 e. The average molecular weight is 434 g/mol. The average Bonchev–Trinajstić information content (AvgIpc) is 3.31. The lowest BCUT2D eigenvalue weighted by Crippen LogP contribution is -2.45. The number of guanidine groups is 1. The van der Waals surface area contributed by atoms with E-state index in [0.29, 0.717) is 19.0 Å². The quantitative estimate of drug-likeness (QED) is 0.438. The third kappa shape index (κ3) is 5.64. The van der Waals surface area contributed by atoms with Crippen LogP contribution in [0.25, 0.3) is 11.5 Å². The van der Waals surface area contributed by atoms with E-state index in [9.17, 15) is 0 Å². The normalized spacial score (nSPS) is 15.1. The predicted octanol–water partition coefficient (Wildman–Crippen LogP) is 2.74. The minimum atomic E-state index is 0.528. The zero-order valence-electron chi connectivity index (χ0n) is 18.8. The second-order valence-corrected chi connectivity index (χ2v) is 7.84. The molecule has 1 aliphatic heterocycles. The van der Waals surface area contributed by atoms with E-state index in [4.69, 9.17) is 9.41 Å². The molecule has 0 aliphatic carbocycles. The minimum Gasteiger partial charge on any atom is -0.444 e. The summed E-state index contributed by atoms with van der Waals surface area (Å²) in [6, 6.07) is 14.0. The van der Waals surface area contributed by atoms with Crippen LogP contribution in [0.5, 0.6) is 0 Å². The molecule has 0 radical (unpaired) electrons. The Kier molecular flexibility index (Phi) is 7.34. The molecule has 0 unspecified atom stereocenters. The lowest BCUT2D eigenvalue weighted by atomic mass is 10.2. The Morgan fingerprint density at radius 3 is 2.66 bits per heavy atom. The van der Waals surface area contributed by atoms with Crippen LogP contribution in [0.1, 0.15) is 18.2 Å². The Morgan fingerprint density at radius 2 is 1.88 bits per heavy atom. The highest BCUT2D eigenvalue weighted by atomic mass is 16.3. The lowest BCUT2D eigenvalue weighted by molar-refractivity contribution is 0.312. The number of likely N-dealkylation sites (N-methyl/N-ethyl adjacent to an activating group) is 1. The fourth-order valence-electron chi connectivity index (χ4n) is 3.64. The van der Waals surface area contributed by atoms with Gasteiger partial charge < -0.3 is 24.9 Å². The maximum absolute atomic E-state index is 5.63. The summed E-state index contributed by atoms with van der Waals surface area (Å²) in [4.78, 5) is 18.7. The first kappa shape index (κ1) is 21.8. The van der Waals surface area contributed by atoms with Gasteiger partial charge in [-0.3, -0.25) is 0 Å². The Balaban J connectivity index is 1.40. The zero-order valence-corrected chi connectivity index (χ0v) is 18.8. The van der Waals surface area contributed by atoms with Gasteiger partial charge in [0.15, 0.2) is 5.96 Å². The summed E-state index contributed by atoms with van der Waals surface area (Å²) in [5.74, 6) is 2.39. The lowest BCUT2D eigenvalue weighted by Gasteiger charge is -2.34. The van der Waals surface area contributed by atoms with E-state index in [0.717, 1.165) is 61.3 Å². The molecule has 8 nitrogen and oxygen atoms in total. The van der Waals surface area contributed by atoms with Gasteiger partial charge in [-0.1, -0.05) is 24.3 Å². The molecule has 168 valence electrons. The van der Waals surface area contributed by atoms with Crippen molar-refractivity contribution < 1.29 is 4.42 Å². The summed E-state index contributed by atoms with van der Waals surface area (Å²) in [7, 11) is 2.16. The van der Waals surface area contributed by atoms with Crippen LogP contribution in [0.4, 0.5) is 5.82 Å². The van der Waals surface area contributed by atoms with Crippen molar-refractivity contribution in [3.05, 3.63) is 66.2 Å². The molecule has 32 heavy (non-hydrogen) atoms. The summed E-state index contributed by atoms with van der Waals surface area (Å²) in [6.45, 7) is 7.98. The van der Waals surface area contributed by atoms with E-state index in [2.05, 4.69) is 50.4 Å². The maximum Gasteiger partial charge on any atom is 0.226 e. The van der Waals surface area contributed by atoms with E-state index in [1.54, 1.807) is 6.26 Å². The van der Waals surface area contributed by atoms with Crippen molar-refractivity contribution in [2.75, 3.05) is 44.7 Å². The summed E-state index contributed by atoms with van der Waals surface area (Å²) in [6.07, 6.45) is 3.55. The molecule has 0 atom stereocenters. The molecular formula is C24H31N7O. The van der Waals surface area contributed by atoms with E-state index >= 15 is 0 Å². The second kappa shape index (κ2) is 10.8. The highest BCUT2D eigenvalue weighted by Crippen LogP contribution is 2.20. The third-order valence-electron chi connectivity index (χ3n) is 5.43. The number of oxazole rings is 1. The van der Waals surface area contributed by atoms with Crippen molar-refractivity contribution in [1.82, 2.24) is 25.5 Å². The van der Waals surface area contributed by atoms with E-state index in [1.807, 2.05) is 42.6 Å². The first-order chi connectivity index (χ1) is 15.7. The molecule has 1 aromatic carbocycles. The molecule has 0 bridgehead atoms. The number of piperazine rings is 1. The Bertz CT molecular complexity index is 1010. The second-order valence-electron chi connectivity index (χ2n) is 7.84. The van der Waals surface area contributed by atoms with Gasteiger partial charge in [0.1, 0.15) is 12.1 Å². The van der Waals surface area contributed by atoms with Crippen molar-refractivity contribution in [2.45, 2.75) is 20.0 Å². The molecule has 4 rings (SSSR count). The Labute approximate surface area is 189 Å². The molecule has 0 amide bonds. The zero-order chi connectivity index (χ0) is 22.2. The first-order valence-electron chi connectivity index (χ1n) is 11.1. The van der Waals surface area contributed by atoms with Gasteiger partial charge in [0.05, 0.1) is 18.8 Å². The van der Waals surface area contributed by atoms with Crippen LogP contribution in [-0.2, 0) is 13.1 Å². The molecule has 3 heterocycles. The standard InChI is InChI=1S/C24H31N7O/c1-3-25-24(28-17-21-18-32-23(29-21)19-8-5-4-6-9-19)27-16-20-10-7-11-26-22(20)31-14-12-30(2)13-15-31/h4-11,18H,3,12-17H2,1-2H3,(H2,25,27,28). The fourth-order valence-corrected chi connectivity index (χ4v) is 3.64. The van der Waals surface area contributed by atoms with Gasteiger partial charge in [-0.15, -0.1) is 0 Å². The summed E-state index contributed by atoms with van der Waals surface area (Å²) in [5.41, 5.74) is 2.92. The third-order valence-corrected chi connectivity index (χ3v) is 5.43. The molecule has 0 spiro atoms. The number of aromatic nitrogens is 2. The molecule has 2 aromatic heterocycles. The Hall–Kier alpha value is -3.39. The van der Waals surface area contributed by atoms with Crippen LogP contribution in [0.3, 0.4) is 0 Å². The monoisotopic (exact) mass is 433 g/mol. The molecule has 1 fully saturated rings. The van der Waals surface area contributed by atoms with E-state index in [-0.39, 0.29) is 0 Å². The van der Waals surface area contributed by atoms with Crippen molar-refractivity contribution in [1.29, 1.82) is 0 Å². The fraction of sp³-hybridized carbons (Fsp3) is 0.375. The van der Waals surface area contributed by atoms with Gasteiger partial charge in [0.2, 0.25) is 5.89 Å². The number of benzene rings is 1. The molecule has 3 aromatic rings. The number of anilines is 1. The summed E-state index contributed by atoms with van der Waals surface area (Å²) in [5, 5.41) is 6.66. The van der Waals surface area contributed by atoms with Gasteiger partial charge in [-0.25, -0.2) is 15.0 Å². The van der Waals surface area contributed by atoms with Crippen LogP contribution in [0.15, 0.2) is 64.3 Å². The first-order valence-corrected chi connectivity index (χ1v) is 11.1. The SMILES string of the molecule is CCNC(=NCc1cccnc1N1CCN(C)CC1)NCc1coc(-c2ccccc2)n1. The van der Waals surface area contributed by atoms with Crippen LogP contribution >= 0.6 is 0 Å². The minimum absolute atomic E-state index is 0.528. The van der Waals surface area contributed by atoms with Gasteiger partial charge in [0.25, 0.3) is 0 Å². The van der Waals surface area contributed by atoms with Gasteiger partial charge in [-0.2, -0.15) is 0 Å². The van der Waals surface area contributed by atoms with Gasteiger partial charge in [-0.05, 0) is 32.2 Å². The molecule has 1 saturated heterocycles. The molecule has 1 aliphatic rings. The molecule has 0 saturated carbocycles. The number of nitrogens with one attached hydrogen (secondary N) is 2. The highest BCUT2D eigenvalue weighted by molar-refractivity contribution is 5.79. The maximum atomic E-state index is 5.63. The molecule has 2 N–H and O–H groups in total. The molecular weight excluding hydrogens is 402 g/mol. The van der Waals surface area contributed by atoms with Gasteiger partial charge in [0, 0.05) is 50.0 Å². The number of hydrogen-bond acceptors (Lipinski definition) is 6. The van der Waals surface area contributed by atoms with Crippen LogP contribution < -0.4 is 15.5 Å².